The summed E-state index contributed by atoms with van der Waals surface area (Å²) in [4.78, 5) is 0. The highest BCUT2D eigenvalue weighted by Gasteiger charge is 2.07. The number of aryl methyl sites for hydroxylation is 1. The Kier molecular flexibility index (Phi) is 4.56. The molecule has 0 amide bonds. The first-order valence-corrected chi connectivity index (χ1v) is 6.76. The summed E-state index contributed by atoms with van der Waals surface area (Å²) in [5.74, 6) is 0.502. The lowest BCUT2D eigenvalue weighted by Gasteiger charge is -2.13. The quantitative estimate of drug-likeness (QED) is 0.925. The van der Waals surface area contributed by atoms with Crippen LogP contribution in [0.2, 0.25) is 0 Å². The second-order valence-corrected chi connectivity index (χ2v) is 5.25. The van der Waals surface area contributed by atoms with Gasteiger partial charge >= 0.3 is 0 Å². The number of nitrogens with two attached hydrogens (primary N) is 1. The fraction of sp³-hybridized carbons (Fsp3) is 0.200. The number of ether oxygens (including phenoxy) is 1. The van der Waals surface area contributed by atoms with Gasteiger partial charge in [0.05, 0.1) is 0 Å². The fourth-order valence-electron chi connectivity index (χ4n) is 1.93. The number of halogens is 2. The normalized spacial score (nSPS) is 10.5. The van der Waals surface area contributed by atoms with E-state index >= 15 is 0 Å². The van der Waals surface area contributed by atoms with Gasteiger partial charge < -0.3 is 10.5 Å². The van der Waals surface area contributed by atoms with Gasteiger partial charge in [-0.15, -0.1) is 0 Å². The predicted octanol–water partition coefficient (Wildman–Crippen LogP) is 3.93. The van der Waals surface area contributed by atoms with Gasteiger partial charge in [0.2, 0.25) is 0 Å². The Balaban J connectivity index is 2.18. The van der Waals surface area contributed by atoms with E-state index in [9.17, 15) is 4.39 Å². The maximum absolute atomic E-state index is 13.3. The zero-order chi connectivity index (χ0) is 13.8. The van der Waals surface area contributed by atoms with Crippen LogP contribution in [0.5, 0.6) is 5.75 Å². The van der Waals surface area contributed by atoms with E-state index in [1.807, 2.05) is 31.2 Å². The van der Waals surface area contributed by atoms with Crippen molar-refractivity contribution < 1.29 is 9.13 Å². The van der Waals surface area contributed by atoms with E-state index in [0.29, 0.717) is 17.6 Å². The van der Waals surface area contributed by atoms with E-state index in [-0.39, 0.29) is 5.82 Å². The maximum atomic E-state index is 13.3. The van der Waals surface area contributed by atoms with Gasteiger partial charge in [0.1, 0.15) is 18.2 Å². The summed E-state index contributed by atoms with van der Waals surface area (Å²) >= 11 is 3.27. The predicted molar refractivity (Wildman–Crippen MR) is 77.5 cm³/mol. The van der Waals surface area contributed by atoms with Crippen LogP contribution in [0.3, 0.4) is 0 Å². The van der Waals surface area contributed by atoms with Crippen molar-refractivity contribution in [2.24, 2.45) is 5.73 Å². The molecule has 0 aliphatic heterocycles. The molecule has 0 aromatic heterocycles. The number of hydrogen-bond acceptors (Lipinski definition) is 2. The van der Waals surface area contributed by atoms with Crippen LogP contribution in [0.15, 0.2) is 40.9 Å². The van der Waals surface area contributed by atoms with E-state index < -0.39 is 0 Å². The number of benzene rings is 2. The Bertz CT molecular complexity index is 566. The van der Waals surface area contributed by atoms with E-state index in [2.05, 4.69) is 15.9 Å². The summed E-state index contributed by atoms with van der Waals surface area (Å²) in [5.41, 5.74) is 8.45. The molecular weight excluding hydrogens is 309 g/mol. The molecular formula is C15H15BrFNO. The molecule has 2 rings (SSSR count). The summed E-state index contributed by atoms with van der Waals surface area (Å²) < 4.78 is 19.8. The van der Waals surface area contributed by atoms with Crippen LogP contribution >= 0.6 is 15.9 Å². The smallest absolute Gasteiger partial charge is 0.127 e. The minimum atomic E-state index is -0.281. The van der Waals surface area contributed by atoms with Gasteiger partial charge in [0, 0.05) is 16.6 Å². The number of para-hydroxylation sites is 1. The third kappa shape index (κ3) is 3.55. The molecule has 0 radical (unpaired) electrons. The van der Waals surface area contributed by atoms with Gasteiger partial charge in [-0.25, -0.2) is 4.39 Å². The first kappa shape index (κ1) is 14.0. The minimum Gasteiger partial charge on any atom is -0.488 e. The number of hydrogen-bond donors (Lipinski definition) is 1. The Morgan fingerprint density at radius 3 is 2.74 bits per heavy atom. The van der Waals surface area contributed by atoms with Crippen molar-refractivity contribution in [3.63, 3.8) is 0 Å². The van der Waals surface area contributed by atoms with Gasteiger partial charge in [0.25, 0.3) is 0 Å². The van der Waals surface area contributed by atoms with Crippen molar-refractivity contribution in [3.8, 4) is 5.75 Å². The van der Waals surface area contributed by atoms with Crippen LogP contribution in [0, 0.1) is 12.7 Å². The summed E-state index contributed by atoms with van der Waals surface area (Å²) in [7, 11) is 0. The van der Waals surface area contributed by atoms with Crippen LogP contribution in [0.4, 0.5) is 4.39 Å². The zero-order valence-electron chi connectivity index (χ0n) is 10.6. The van der Waals surface area contributed by atoms with E-state index in [4.69, 9.17) is 10.5 Å². The summed E-state index contributed by atoms with van der Waals surface area (Å²) in [6, 6.07) is 10.6. The molecule has 19 heavy (non-hydrogen) atoms. The highest BCUT2D eigenvalue weighted by molar-refractivity contribution is 9.10. The molecule has 0 spiro atoms. The monoisotopic (exact) mass is 323 g/mol. The average molecular weight is 324 g/mol. The molecule has 2 nitrogen and oxygen atoms in total. The molecule has 0 aliphatic rings. The van der Waals surface area contributed by atoms with Crippen molar-refractivity contribution >= 4 is 15.9 Å². The lowest BCUT2D eigenvalue weighted by molar-refractivity contribution is 0.300. The third-order valence-corrected chi connectivity index (χ3v) is 3.28. The molecule has 0 heterocycles. The molecule has 0 atom stereocenters. The minimum absolute atomic E-state index is 0.281. The van der Waals surface area contributed by atoms with Crippen molar-refractivity contribution in [1.82, 2.24) is 0 Å². The number of rotatable bonds is 4. The topological polar surface area (TPSA) is 35.2 Å². The lowest BCUT2D eigenvalue weighted by Crippen LogP contribution is -2.04. The molecule has 0 saturated heterocycles. The molecule has 0 bridgehead atoms. The summed E-state index contributed by atoms with van der Waals surface area (Å²) in [6.07, 6.45) is 0. The first-order chi connectivity index (χ1) is 9.10. The SMILES string of the molecule is Cc1cccc(CN)c1OCc1cc(F)cc(Br)c1. The highest BCUT2D eigenvalue weighted by Crippen LogP contribution is 2.24. The largest absolute Gasteiger partial charge is 0.488 e. The molecule has 0 unspecified atom stereocenters. The van der Waals surface area contributed by atoms with Crippen LogP contribution in [0.1, 0.15) is 16.7 Å². The second-order valence-electron chi connectivity index (χ2n) is 4.33. The van der Waals surface area contributed by atoms with Gasteiger partial charge in [-0.1, -0.05) is 34.1 Å². The van der Waals surface area contributed by atoms with Crippen LogP contribution in [-0.4, -0.2) is 0 Å². The van der Waals surface area contributed by atoms with Gasteiger partial charge in [0.15, 0.2) is 0 Å². The third-order valence-electron chi connectivity index (χ3n) is 2.82. The molecule has 0 fully saturated rings. The molecule has 100 valence electrons. The van der Waals surface area contributed by atoms with Crippen molar-refractivity contribution in [1.29, 1.82) is 0 Å². The lowest BCUT2D eigenvalue weighted by atomic mass is 10.1. The van der Waals surface area contributed by atoms with E-state index in [0.717, 1.165) is 22.4 Å². The van der Waals surface area contributed by atoms with Crippen molar-refractivity contribution in [3.05, 3.63) is 63.4 Å². The molecule has 2 aromatic rings. The van der Waals surface area contributed by atoms with Crippen LogP contribution in [0.25, 0.3) is 0 Å². The fourth-order valence-corrected chi connectivity index (χ4v) is 2.44. The Morgan fingerprint density at radius 2 is 2.05 bits per heavy atom. The van der Waals surface area contributed by atoms with E-state index in [1.165, 1.54) is 12.1 Å². The first-order valence-electron chi connectivity index (χ1n) is 5.96. The highest BCUT2D eigenvalue weighted by atomic mass is 79.9. The Labute approximate surface area is 120 Å². The second kappa shape index (κ2) is 6.17. The molecule has 2 aromatic carbocycles. The molecule has 0 saturated carbocycles. The van der Waals surface area contributed by atoms with Crippen molar-refractivity contribution in [2.45, 2.75) is 20.1 Å². The van der Waals surface area contributed by atoms with Crippen molar-refractivity contribution in [2.75, 3.05) is 0 Å². The van der Waals surface area contributed by atoms with Crippen LogP contribution < -0.4 is 10.5 Å². The zero-order valence-corrected chi connectivity index (χ0v) is 12.2. The molecule has 0 aliphatic carbocycles. The summed E-state index contributed by atoms with van der Waals surface area (Å²) in [6.45, 7) is 2.70. The average Bonchev–Trinajstić information content (AvgIpc) is 2.36. The maximum Gasteiger partial charge on any atom is 0.127 e. The van der Waals surface area contributed by atoms with E-state index in [1.54, 1.807) is 0 Å². The van der Waals surface area contributed by atoms with Gasteiger partial charge in [-0.2, -0.15) is 0 Å². The standard InChI is InChI=1S/C15H15BrFNO/c1-10-3-2-4-12(8-18)15(10)19-9-11-5-13(16)7-14(17)6-11/h2-7H,8-9,18H2,1H3. The Hall–Kier alpha value is -1.39. The molecule has 4 heteroatoms. The van der Waals surface area contributed by atoms with Gasteiger partial charge in [-0.05, 0) is 36.2 Å². The summed E-state index contributed by atoms with van der Waals surface area (Å²) in [5, 5.41) is 0. The van der Waals surface area contributed by atoms with Gasteiger partial charge in [-0.3, -0.25) is 0 Å². The molecule has 2 N–H and O–H groups in total. The Morgan fingerprint density at radius 1 is 1.26 bits per heavy atom. The van der Waals surface area contributed by atoms with Crippen LogP contribution in [-0.2, 0) is 13.2 Å².